The Bertz CT molecular complexity index is 963. The van der Waals surface area contributed by atoms with Crippen LogP contribution in [0.4, 0.5) is 10.1 Å². The van der Waals surface area contributed by atoms with Crippen molar-refractivity contribution in [2.24, 2.45) is 0 Å². The minimum absolute atomic E-state index is 0.0910. The molecule has 0 radical (unpaired) electrons. The molecule has 1 amide bonds. The Morgan fingerprint density at radius 3 is 2.47 bits per heavy atom. The summed E-state index contributed by atoms with van der Waals surface area (Å²) in [7, 11) is -3.85. The Labute approximate surface area is 178 Å². The van der Waals surface area contributed by atoms with Gasteiger partial charge in [0, 0.05) is 6.54 Å². The summed E-state index contributed by atoms with van der Waals surface area (Å²) in [4.78, 5) is 12.5. The lowest BCUT2D eigenvalue weighted by Crippen LogP contribution is -2.48. The number of hydrogen-bond acceptors (Lipinski definition) is 4. The molecule has 0 bridgehead atoms. The van der Waals surface area contributed by atoms with Crippen molar-refractivity contribution < 1.29 is 22.3 Å². The maximum Gasteiger partial charge on any atom is 0.243 e. The number of para-hydroxylation sites is 1. The Morgan fingerprint density at radius 2 is 1.83 bits per heavy atom. The van der Waals surface area contributed by atoms with Crippen molar-refractivity contribution in [2.45, 2.75) is 45.8 Å². The van der Waals surface area contributed by atoms with Crippen LogP contribution in [0.15, 0.2) is 48.5 Å². The van der Waals surface area contributed by atoms with Crippen LogP contribution in [0, 0.1) is 5.82 Å². The normalized spacial score (nSPS) is 12.5. The highest BCUT2D eigenvalue weighted by molar-refractivity contribution is 7.92. The van der Waals surface area contributed by atoms with Crippen LogP contribution in [0.5, 0.6) is 5.75 Å². The Balaban J connectivity index is 1.96. The summed E-state index contributed by atoms with van der Waals surface area (Å²) in [5, 5.41) is 2.74. The first-order valence-electron chi connectivity index (χ1n) is 9.87. The topological polar surface area (TPSA) is 75.7 Å². The van der Waals surface area contributed by atoms with Gasteiger partial charge in [-0.1, -0.05) is 24.3 Å². The summed E-state index contributed by atoms with van der Waals surface area (Å²) in [5.41, 5.74) is 0.934. The molecule has 0 saturated carbocycles. The lowest BCUT2D eigenvalue weighted by atomic mass is 10.1. The summed E-state index contributed by atoms with van der Waals surface area (Å²) in [6, 6.07) is 12.2. The molecule has 0 heterocycles. The number of ether oxygens (including phenoxy) is 1. The van der Waals surface area contributed by atoms with Crippen molar-refractivity contribution in [2.75, 3.05) is 17.1 Å². The number of hydrogen-bond donors (Lipinski definition) is 1. The van der Waals surface area contributed by atoms with Crippen molar-refractivity contribution in [3.8, 4) is 5.75 Å². The lowest BCUT2D eigenvalue weighted by Gasteiger charge is -2.28. The number of carbonyl (C=O) groups excluding carboxylic acids is 1. The maximum atomic E-state index is 14.2. The first kappa shape index (κ1) is 23.7. The van der Waals surface area contributed by atoms with Crippen LogP contribution in [0.25, 0.3) is 0 Å². The van der Waals surface area contributed by atoms with E-state index in [0.29, 0.717) is 13.0 Å². The van der Waals surface area contributed by atoms with Crippen LogP contribution in [0.1, 0.15) is 32.8 Å². The molecule has 0 unspecified atom stereocenters. The summed E-state index contributed by atoms with van der Waals surface area (Å²) < 4.78 is 45.1. The molecule has 30 heavy (non-hydrogen) atoms. The number of amides is 1. The van der Waals surface area contributed by atoms with E-state index in [0.717, 1.165) is 34.4 Å². The Hall–Kier alpha value is -2.61. The lowest BCUT2D eigenvalue weighted by molar-refractivity contribution is -0.121. The van der Waals surface area contributed by atoms with Gasteiger partial charge in [0.1, 0.15) is 17.6 Å². The van der Waals surface area contributed by atoms with Crippen LogP contribution < -0.4 is 14.4 Å². The van der Waals surface area contributed by atoms with Crippen LogP contribution in [-0.4, -0.2) is 39.3 Å². The average molecular weight is 437 g/mol. The van der Waals surface area contributed by atoms with Crippen LogP contribution in [0.2, 0.25) is 0 Å². The Morgan fingerprint density at radius 1 is 1.13 bits per heavy atom. The van der Waals surface area contributed by atoms with Crippen molar-refractivity contribution >= 4 is 21.6 Å². The molecule has 0 aromatic heterocycles. The largest absolute Gasteiger partial charge is 0.491 e. The minimum Gasteiger partial charge on any atom is -0.491 e. The summed E-state index contributed by atoms with van der Waals surface area (Å²) in [6.07, 6.45) is 2.44. The molecule has 0 spiro atoms. The fourth-order valence-electron chi connectivity index (χ4n) is 3.11. The van der Waals surface area contributed by atoms with Crippen molar-refractivity contribution in [1.82, 2.24) is 5.32 Å². The van der Waals surface area contributed by atoms with Gasteiger partial charge in [-0.15, -0.1) is 0 Å². The standard InChI is InChI=1S/C22H29FN2O4S/c1-16(2)29-19-11-7-9-18(15-19)10-8-14-24-22(26)17(3)25(30(4,27)28)21-13-6-5-12-20(21)23/h5-7,9,11-13,15-17H,8,10,14H2,1-4H3,(H,24,26)/t17-/m0/s1. The number of aryl methyl sites for hydroxylation is 1. The minimum atomic E-state index is -3.85. The smallest absolute Gasteiger partial charge is 0.243 e. The molecule has 0 fully saturated rings. The molecule has 0 saturated heterocycles. The number of nitrogens with one attached hydrogen (secondary N) is 1. The highest BCUT2D eigenvalue weighted by Crippen LogP contribution is 2.24. The molecule has 164 valence electrons. The molecule has 1 atom stereocenters. The number of rotatable bonds is 10. The molecule has 6 nitrogen and oxygen atoms in total. The monoisotopic (exact) mass is 436 g/mol. The quantitative estimate of drug-likeness (QED) is 0.578. The van der Waals surface area contributed by atoms with E-state index in [1.165, 1.54) is 25.1 Å². The number of nitrogens with zero attached hydrogens (tertiary/aromatic N) is 1. The third-order valence-electron chi connectivity index (χ3n) is 4.39. The van der Waals surface area contributed by atoms with Gasteiger partial charge >= 0.3 is 0 Å². The average Bonchev–Trinajstić information content (AvgIpc) is 2.65. The highest BCUT2D eigenvalue weighted by Gasteiger charge is 2.30. The van der Waals surface area contributed by atoms with E-state index in [4.69, 9.17) is 4.74 Å². The van der Waals surface area contributed by atoms with Crippen LogP contribution >= 0.6 is 0 Å². The molecular weight excluding hydrogens is 407 g/mol. The fourth-order valence-corrected chi connectivity index (χ4v) is 4.29. The van der Waals surface area contributed by atoms with Gasteiger partial charge in [-0.2, -0.15) is 0 Å². The second-order valence-electron chi connectivity index (χ2n) is 7.39. The van der Waals surface area contributed by atoms with Gasteiger partial charge in [-0.05, 0) is 63.4 Å². The van der Waals surface area contributed by atoms with Crippen LogP contribution in [0.3, 0.4) is 0 Å². The number of carbonyl (C=O) groups is 1. The van der Waals surface area contributed by atoms with Crippen LogP contribution in [-0.2, 0) is 21.2 Å². The molecule has 0 aliphatic heterocycles. The Kier molecular flexibility index (Phi) is 8.23. The molecule has 2 aromatic rings. The van der Waals surface area contributed by atoms with Gasteiger partial charge in [0.25, 0.3) is 0 Å². The van der Waals surface area contributed by atoms with E-state index in [2.05, 4.69) is 5.32 Å². The zero-order valence-electron chi connectivity index (χ0n) is 17.8. The second kappa shape index (κ2) is 10.4. The zero-order valence-corrected chi connectivity index (χ0v) is 18.6. The third kappa shape index (κ3) is 6.73. The van der Waals surface area contributed by atoms with Crippen molar-refractivity contribution in [3.05, 3.63) is 59.9 Å². The third-order valence-corrected chi connectivity index (χ3v) is 5.62. The summed E-state index contributed by atoms with van der Waals surface area (Å²) in [6.45, 7) is 5.73. The fraction of sp³-hybridized carbons (Fsp3) is 0.409. The van der Waals surface area contributed by atoms with Crippen molar-refractivity contribution in [3.63, 3.8) is 0 Å². The highest BCUT2D eigenvalue weighted by atomic mass is 32.2. The second-order valence-corrected chi connectivity index (χ2v) is 9.25. The number of benzene rings is 2. The van der Waals surface area contributed by atoms with Gasteiger partial charge in [0.15, 0.2) is 0 Å². The summed E-state index contributed by atoms with van der Waals surface area (Å²) >= 11 is 0. The maximum absolute atomic E-state index is 14.2. The molecule has 2 rings (SSSR count). The molecule has 8 heteroatoms. The van der Waals surface area contributed by atoms with Gasteiger partial charge in [0.2, 0.25) is 15.9 Å². The molecule has 0 aliphatic rings. The molecule has 0 aliphatic carbocycles. The van der Waals surface area contributed by atoms with E-state index in [9.17, 15) is 17.6 Å². The van der Waals surface area contributed by atoms with Gasteiger partial charge in [0.05, 0.1) is 18.0 Å². The van der Waals surface area contributed by atoms with E-state index in [1.54, 1.807) is 0 Å². The van der Waals surface area contributed by atoms with Gasteiger partial charge in [-0.25, -0.2) is 12.8 Å². The predicted molar refractivity (Wildman–Crippen MR) is 117 cm³/mol. The summed E-state index contributed by atoms with van der Waals surface area (Å²) in [5.74, 6) is -0.388. The zero-order chi connectivity index (χ0) is 22.3. The van der Waals surface area contributed by atoms with E-state index >= 15 is 0 Å². The van der Waals surface area contributed by atoms with Gasteiger partial charge in [-0.3, -0.25) is 9.10 Å². The number of anilines is 1. The molecular formula is C22H29FN2O4S. The molecule has 2 aromatic carbocycles. The van der Waals surface area contributed by atoms with E-state index in [1.807, 2.05) is 38.1 Å². The van der Waals surface area contributed by atoms with E-state index in [-0.39, 0.29) is 11.8 Å². The molecule has 1 N–H and O–H groups in total. The number of halogens is 1. The van der Waals surface area contributed by atoms with Gasteiger partial charge < -0.3 is 10.1 Å². The predicted octanol–water partition coefficient (Wildman–Crippen LogP) is 3.52. The first-order valence-corrected chi connectivity index (χ1v) is 11.7. The van der Waals surface area contributed by atoms with Crippen molar-refractivity contribution in [1.29, 1.82) is 0 Å². The van der Waals surface area contributed by atoms with E-state index < -0.39 is 27.8 Å². The number of sulfonamides is 1. The first-order chi connectivity index (χ1) is 14.1. The SMILES string of the molecule is CC(C)Oc1cccc(CCCNC(=O)[C@H](C)N(c2ccccc2F)S(C)(=O)=O)c1.